The molecule has 0 radical (unpaired) electrons. The number of halogens is 2. The molecule has 0 aromatic heterocycles. The summed E-state index contributed by atoms with van der Waals surface area (Å²) in [7, 11) is 17.3. The number of aryl methyl sites for hydroxylation is 2. The first-order chi connectivity index (χ1) is 24.0. The molecule has 8 heteroatoms. The Morgan fingerprint density at radius 1 is 0.620 bits per heavy atom. The molecule has 4 aromatic carbocycles. The van der Waals surface area contributed by atoms with E-state index in [4.69, 9.17) is 17.2 Å². The van der Waals surface area contributed by atoms with E-state index in [0.29, 0.717) is 12.8 Å². The van der Waals surface area contributed by atoms with Crippen molar-refractivity contribution in [2.24, 2.45) is 11.8 Å². The van der Waals surface area contributed by atoms with Crippen molar-refractivity contribution in [1.29, 1.82) is 0 Å². The summed E-state index contributed by atoms with van der Waals surface area (Å²) in [6, 6.07) is 30.0. The second-order valence-electron chi connectivity index (χ2n) is 14.3. The van der Waals surface area contributed by atoms with Crippen LogP contribution in [-0.4, -0.2) is 17.4 Å². The van der Waals surface area contributed by atoms with Gasteiger partial charge >= 0.3 is 308 Å². The second kappa shape index (κ2) is 14.4. The van der Waals surface area contributed by atoms with Gasteiger partial charge in [0.2, 0.25) is 0 Å². The van der Waals surface area contributed by atoms with Gasteiger partial charge in [-0.25, -0.2) is 0 Å². The molecule has 0 heterocycles. The van der Waals surface area contributed by atoms with E-state index in [1.807, 2.05) is 0 Å². The second-order valence-corrected chi connectivity index (χ2v) is 44.8. The maximum absolute atomic E-state index is 12.5. The van der Waals surface area contributed by atoms with Crippen LogP contribution in [0.5, 0.6) is 0 Å². The molecule has 4 aromatic rings. The summed E-state index contributed by atoms with van der Waals surface area (Å²) in [5, 5.41) is 5.97. The Labute approximate surface area is 305 Å². The number of rotatable bonds is 13. The Bertz CT molecular complexity index is 1880. The summed E-state index contributed by atoms with van der Waals surface area (Å²) in [6.07, 6.45) is 7.67. The molecule has 257 valence electrons. The van der Waals surface area contributed by atoms with Gasteiger partial charge in [-0.05, 0) is 0 Å². The minimum absolute atomic E-state index is 0.0953. The number of nitrogens with one attached hydrogen (secondary N) is 2. The summed E-state index contributed by atoms with van der Waals surface area (Å²) in [5.74, 6) is 0.191. The van der Waals surface area contributed by atoms with Gasteiger partial charge in [0, 0.05) is 0 Å². The van der Waals surface area contributed by atoms with E-state index < -0.39 is 27.8 Å². The molecule has 0 aliphatic heterocycles. The van der Waals surface area contributed by atoms with Crippen LogP contribution < -0.4 is 10.5 Å². The Balaban J connectivity index is 1.69. The van der Waals surface area contributed by atoms with E-state index in [1.54, 1.807) is 0 Å². The number of hydrogen-bond acceptors (Lipinski definition) is 2. The summed E-state index contributed by atoms with van der Waals surface area (Å²) in [4.78, 5) is 24.9. The summed E-state index contributed by atoms with van der Waals surface area (Å²) in [6.45, 7) is 13.1. The van der Waals surface area contributed by atoms with Gasteiger partial charge in [-0.2, -0.15) is 0 Å². The van der Waals surface area contributed by atoms with E-state index in [2.05, 4.69) is 149 Å². The van der Waals surface area contributed by atoms with Crippen molar-refractivity contribution < 1.29 is 25.5 Å². The first-order valence-corrected chi connectivity index (χ1v) is 33.0. The number of carbonyl (C=O) groups excluding carboxylic acids is 2. The number of hydrogen-bond donors (Lipinski definition) is 2. The molecule has 0 saturated carbocycles. The molecule has 2 aliphatic rings. The van der Waals surface area contributed by atoms with Crippen LogP contribution in [0.2, 0.25) is 0 Å². The SMILES string of the molecule is CCc1ccccc1-c1cccc2c1C=C(C(C)C)[CH]2[Hf]([Cl])([Cl])([B](NC=O)NC=O)[CH]1C(C(C)C)=Cc2c(-c3ccccc3CC)cccc21. The molecular formula is C42H46BCl2HfN2O2. The average molecular weight is 871 g/mol. The zero-order valence-corrected chi connectivity index (χ0v) is 34.9. The Morgan fingerprint density at radius 3 is 1.36 bits per heavy atom. The standard InChI is InChI=1S/2C20H21.C2H3BN2O2.2ClH.Hf/c2*1-4-15-8-5-6-10-18(15)19-11-7-9-16-12-17(14(2)3)13-20(16)19;6-1-4-3-5-2-7;;;/h2*5-14H,4H2,1-3H3;1-2H,(H-,4,5,6,7);2*1H;/q;;;;;+1/p-1. The van der Waals surface area contributed by atoms with Crippen molar-refractivity contribution in [2.75, 3.05) is 0 Å². The predicted molar refractivity (Wildman–Crippen MR) is 209 cm³/mol. The van der Waals surface area contributed by atoms with Crippen molar-refractivity contribution >= 4 is 46.7 Å². The zero-order valence-electron chi connectivity index (χ0n) is 29.8. The van der Waals surface area contributed by atoms with Crippen LogP contribution in [0, 0.1) is 11.8 Å². The average Bonchev–Trinajstić information content (AvgIpc) is 3.73. The Morgan fingerprint density at radius 2 is 1.00 bits per heavy atom. The third-order valence-electron chi connectivity index (χ3n) is 11.0. The van der Waals surface area contributed by atoms with E-state index in [-0.39, 0.29) is 11.8 Å². The van der Waals surface area contributed by atoms with Gasteiger partial charge in [0.1, 0.15) is 0 Å². The molecule has 0 saturated heterocycles. The normalized spacial score (nSPS) is 17.4. The van der Waals surface area contributed by atoms with E-state index in [0.717, 1.165) is 57.4 Å². The van der Waals surface area contributed by atoms with Gasteiger partial charge in [-0.1, -0.05) is 0 Å². The third-order valence-corrected chi connectivity index (χ3v) is 39.5. The van der Waals surface area contributed by atoms with Crippen molar-refractivity contribution in [3.05, 3.63) is 129 Å². The maximum atomic E-state index is 12.5. The Kier molecular flexibility index (Phi) is 10.6. The molecule has 2 N–H and O–H groups in total. The van der Waals surface area contributed by atoms with E-state index in [1.165, 1.54) is 22.3 Å². The zero-order chi connectivity index (χ0) is 35.8. The fourth-order valence-electron chi connectivity index (χ4n) is 8.74. The predicted octanol–water partition coefficient (Wildman–Crippen LogP) is 10.5. The van der Waals surface area contributed by atoms with Crippen LogP contribution >= 0.6 is 17.2 Å². The fraction of sp³-hybridized carbons (Fsp3) is 0.286. The molecule has 4 nitrogen and oxygen atoms in total. The topological polar surface area (TPSA) is 58.2 Å². The molecule has 0 fully saturated rings. The third kappa shape index (κ3) is 5.89. The van der Waals surface area contributed by atoms with Crippen LogP contribution in [0.15, 0.2) is 96.1 Å². The number of benzene rings is 4. The first kappa shape index (κ1) is 36.6. The molecule has 2 atom stereocenters. The number of amides is 2. The molecule has 0 bridgehead atoms. The van der Waals surface area contributed by atoms with Crippen molar-refractivity contribution in [2.45, 2.75) is 61.7 Å². The van der Waals surface area contributed by atoms with Crippen LogP contribution in [0.25, 0.3) is 34.4 Å². The van der Waals surface area contributed by atoms with Gasteiger partial charge in [0.15, 0.2) is 0 Å². The van der Waals surface area contributed by atoms with Crippen LogP contribution in [0.3, 0.4) is 0 Å². The number of carbonyl (C=O) groups is 2. The van der Waals surface area contributed by atoms with Crippen LogP contribution in [0.1, 0.15) is 82.3 Å². The van der Waals surface area contributed by atoms with Crippen LogP contribution in [-0.2, 0) is 38.3 Å². The van der Waals surface area contributed by atoms with Gasteiger partial charge < -0.3 is 0 Å². The Hall–Kier alpha value is -3.18. The summed E-state index contributed by atoms with van der Waals surface area (Å²) < 4.78 is -1.73. The van der Waals surface area contributed by atoms with Crippen molar-refractivity contribution in [3.8, 4) is 22.3 Å². The molecular weight excluding hydrogens is 825 g/mol. The molecule has 2 aliphatic carbocycles. The summed E-state index contributed by atoms with van der Waals surface area (Å²) >= 11 is -6.04. The molecule has 0 spiro atoms. The van der Waals surface area contributed by atoms with E-state index >= 15 is 0 Å². The van der Waals surface area contributed by atoms with Gasteiger partial charge in [-0.3, -0.25) is 0 Å². The minimum atomic E-state index is -6.04. The van der Waals surface area contributed by atoms with E-state index in [9.17, 15) is 9.59 Å². The van der Waals surface area contributed by atoms with Crippen LogP contribution in [0.4, 0.5) is 0 Å². The summed E-state index contributed by atoms with van der Waals surface area (Å²) in [5.41, 5.74) is 13.8. The number of fused-ring (bicyclic) bond motifs is 2. The molecule has 6 rings (SSSR count). The fourth-order valence-corrected chi connectivity index (χ4v) is 38.8. The van der Waals surface area contributed by atoms with Gasteiger partial charge in [0.05, 0.1) is 0 Å². The quantitative estimate of drug-likeness (QED) is 0.104. The first-order valence-electron chi connectivity index (χ1n) is 17.8. The monoisotopic (exact) mass is 871 g/mol. The molecule has 2 unspecified atom stereocenters. The molecule has 50 heavy (non-hydrogen) atoms. The van der Waals surface area contributed by atoms with Crippen molar-refractivity contribution in [3.63, 3.8) is 0 Å². The van der Waals surface area contributed by atoms with Crippen molar-refractivity contribution in [1.82, 2.24) is 10.5 Å². The molecule has 2 amide bonds. The van der Waals surface area contributed by atoms with Gasteiger partial charge in [0.25, 0.3) is 0 Å². The number of allylic oxidation sites excluding steroid dienone is 2. The van der Waals surface area contributed by atoms with Gasteiger partial charge in [-0.15, -0.1) is 0 Å².